The molecule has 0 aromatic heterocycles. The molecule has 2 aromatic carbocycles. The maximum atomic E-state index is 12.1. The topological polar surface area (TPSA) is 83.1 Å². The van der Waals surface area contributed by atoms with Gasteiger partial charge in [-0.1, -0.05) is 19.1 Å². The summed E-state index contributed by atoms with van der Waals surface area (Å²) in [6, 6.07) is 11.7. The van der Waals surface area contributed by atoms with Crippen molar-refractivity contribution < 1.29 is 28.5 Å². The molecule has 0 saturated carbocycles. The first-order chi connectivity index (χ1) is 13.1. The predicted molar refractivity (Wildman–Crippen MR) is 101 cm³/mol. The van der Waals surface area contributed by atoms with Crippen molar-refractivity contribution in [2.75, 3.05) is 32.8 Å². The molecule has 0 radical (unpaired) electrons. The maximum Gasteiger partial charge on any atom is 0.338 e. The first kappa shape index (κ1) is 20.1. The fourth-order valence-corrected chi connectivity index (χ4v) is 2.27. The molecule has 0 aliphatic heterocycles. The third-order valence-electron chi connectivity index (χ3n) is 3.58. The number of esters is 1. The minimum absolute atomic E-state index is 0.228. The lowest BCUT2D eigenvalue weighted by molar-refractivity contribution is -0.118. The van der Waals surface area contributed by atoms with Crippen molar-refractivity contribution in [2.24, 2.45) is 0 Å². The van der Waals surface area contributed by atoms with Gasteiger partial charge in [-0.15, -0.1) is 0 Å². The molecule has 0 unspecified atom stereocenters. The number of carbonyl (C=O) groups excluding carboxylic acids is 2. The number of ether oxygens (including phenoxy) is 4. The van der Waals surface area contributed by atoms with Gasteiger partial charge in [0.25, 0.3) is 5.91 Å². The molecule has 1 N–H and O–H groups in total. The Morgan fingerprint density at radius 1 is 0.963 bits per heavy atom. The second-order valence-corrected chi connectivity index (χ2v) is 5.54. The van der Waals surface area contributed by atoms with Crippen LogP contribution in [0.4, 0.5) is 5.69 Å². The minimum atomic E-state index is -0.435. The number of anilines is 1. The average molecular weight is 373 g/mol. The Kier molecular flexibility index (Phi) is 7.49. The van der Waals surface area contributed by atoms with Crippen LogP contribution in [0.5, 0.6) is 17.2 Å². The van der Waals surface area contributed by atoms with Crippen LogP contribution in [-0.2, 0) is 9.53 Å². The first-order valence-corrected chi connectivity index (χ1v) is 8.49. The lowest BCUT2D eigenvalue weighted by Crippen LogP contribution is -2.20. The van der Waals surface area contributed by atoms with Crippen LogP contribution in [0.1, 0.15) is 23.7 Å². The third-order valence-corrected chi connectivity index (χ3v) is 3.58. The standard InChI is InChI=1S/C20H23NO6/c1-4-11-26-20(23)14-9-10-17(18(12-14)25-3)27-13-19(22)21-15-7-5-6-8-16(15)24-2/h5-10,12H,4,11,13H2,1-3H3,(H,21,22). The second kappa shape index (κ2) is 10.1. The van der Waals surface area contributed by atoms with E-state index in [0.29, 0.717) is 35.1 Å². The van der Waals surface area contributed by atoms with Crippen molar-refractivity contribution in [3.05, 3.63) is 48.0 Å². The van der Waals surface area contributed by atoms with E-state index in [0.717, 1.165) is 6.42 Å². The van der Waals surface area contributed by atoms with Crippen molar-refractivity contribution in [1.29, 1.82) is 0 Å². The summed E-state index contributed by atoms with van der Waals surface area (Å²) in [5.74, 6) is 0.452. The van der Waals surface area contributed by atoms with Crippen LogP contribution in [0.25, 0.3) is 0 Å². The number of benzene rings is 2. The Hall–Kier alpha value is -3.22. The van der Waals surface area contributed by atoms with Crippen LogP contribution in [0.3, 0.4) is 0 Å². The number of hydrogen-bond acceptors (Lipinski definition) is 6. The molecule has 0 saturated heterocycles. The van der Waals surface area contributed by atoms with Gasteiger partial charge in [0.1, 0.15) is 5.75 Å². The molecule has 27 heavy (non-hydrogen) atoms. The zero-order valence-corrected chi connectivity index (χ0v) is 15.6. The van der Waals surface area contributed by atoms with E-state index in [1.165, 1.54) is 20.3 Å². The van der Waals surface area contributed by atoms with Crippen molar-refractivity contribution in [3.8, 4) is 17.2 Å². The highest BCUT2D eigenvalue weighted by Gasteiger charge is 2.14. The summed E-state index contributed by atoms with van der Waals surface area (Å²) in [6.07, 6.45) is 0.741. The summed E-state index contributed by atoms with van der Waals surface area (Å²) in [4.78, 5) is 24.1. The van der Waals surface area contributed by atoms with Gasteiger partial charge in [-0.3, -0.25) is 4.79 Å². The van der Waals surface area contributed by atoms with E-state index in [4.69, 9.17) is 18.9 Å². The van der Waals surface area contributed by atoms with Crippen LogP contribution >= 0.6 is 0 Å². The highest BCUT2D eigenvalue weighted by atomic mass is 16.5. The van der Waals surface area contributed by atoms with Crippen molar-refractivity contribution in [2.45, 2.75) is 13.3 Å². The molecule has 0 fully saturated rings. The van der Waals surface area contributed by atoms with E-state index in [1.54, 1.807) is 30.3 Å². The van der Waals surface area contributed by atoms with Crippen LogP contribution in [-0.4, -0.2) is 39.3 Å². The van der Waals surface area contributed by atoms with Gasteiger partial charge in [0.2, 0.25) is 0 Å². The average Bonchev–Trinajstić information content (AvgIpc) is 2.70. The Balaban J connectivity index is 2.00. The summed E-state index contributed by atoms with van der Waals surface area (Å²) >= 11 is 0. The number of nitrogens with one attached hydrogen (secondary N) is 1. The molecular weight excluding hydrogens is 350 g/mol. The molecule has 0 atom stereocenters. The predicted octanol–water partition coefficient (Wildman–Crippen LogP) is 3.29. The van der Waals surface area contributed by atoms with Crippen molar-refractivity contribution in [3.63, 3.8) is 0 Å². The van der Waals surface area contributed by atoms with Crippen molar-refractivity contribution in [1.82, 2.24) is 0 Å². The number of carbonyl (C=O) groups is 2. The molecular formula is C20H23NO6. The van der Waals surface area contributed by atoms with Gasteiger partial charge in [0, 0.05) is 0 Å². The lowest BCUT2D eigenvalue weighted by Gasteiger charge is -2.13. The molecule has 7 nitrogen and oxygen atoms in total. The van der Waals surface area contributed by atoms with Gasteiger partial charge in [-0.05, 0) is 36.8 Å². The molecule has 2 rings (SSSR count). The molecule has 0 bridgehead atoms. The third kappa shape index (κ3) is 5.64. The molecule has 0 spiro atoms. The monoisotopic (exact) mass is 373 g/mol. The van der Waals surface area contributed by atoms with Crippen LogP contribution in [0.2, 0.25) is 0 Å². The van der Waals surface area contributed by atoms with Crippen molar-refractivity contribution >= 4 is 17.6 Å². The van der Waals surface area contributed by atoms with E-state index in [1.807, 2.05) is 13.0 Å². The number of para-hydroxylation sites is 2. The number of amides is 1. The summed E-state index contributed by atoms with van der Waals surface area (Å²) in [5, 5.41) is 2.72. The summed E-state index contributed by atoms with van der Waals surface area (Å²) in [7, 11) is 2.98. The Morgan fingerprint density at radius 3 is 2.41 bits per heavy atom. The molecule has 144 valence electrons. The van der Waals surface area contributed by atoms with Crippen LogP contribution in [0, 0.1) is 0 Å². The molecule has 0 aliphatic carbocycles. The van der Waals surface area contributed by atoms with Gasteiger partial charge in [-0.25, -0.2) is 4.79 Å². The van der Waals surface area contributed by atoms with E-state index >= 15 is 0 Å². The van der Waals surface area contributed by atoms with E-state index in [2.05, 4.69) is 5.32 Å². The smallest absolute Gasteiger partial charge is 0.338 e. The quantitative estimate of drug-likeness (QED) is 0.679. The number of rotatable bonds is 9. The lowest BCUT2D eigenvalue weighted by atomic mass is 10.2. The minimum Gasteiger partial charge on any atom is -0.495 e. The van der Waals surface area contributed by atoms with E-state index < -0.39 is 5.97 Å². The van der Waals surface area contributed by atoms with E-state index in [-0.39, 0.29) is 12.5 Å². The zero-order chi connectivity index (χ0) is 19.6. The van der Waals surface area contributed by atoms with Gasteiger partial charge in [0.05, 0.1) is 32.1 Å². The summed E-state index contributed by atoms with van der Waals surface area (Å²) in [6.45, 7) is 2.04. The van der Waals surface area contributed by atoms with E-state index in [9.17, 15) is 9.59 Å². The normalized spacial score (nSPS) is 10.0. The Bertz CT molecular complexity index is 790. The highest BCUT2D eigenvalue weighted by Crippen LogP contribution is 2.28. The Labute approximate surface area is 158 Å². The summed E-state index contributed by atoms with van der Waals surface area (Å²) in [5.41, 5.74) is 0.903. The zero-order valence-electron chi connectivity index (χ0n) is 15.6. The fraction of sp³-hybridized carbons (Fsp3) is 0.300. The van der Waals surface area contributed by atoms with Crippen LogP contribution < -0.4 is 19.5 Å². The maximum absolute atomic E-state index is 12.1. The number of methoxy groups -OCH3 is 2. The number of hydrogen-bond donors (Lipinski definition) is 1. The SMILES string of the molecule is CCCOC(=O)c1ccc(OCC(=O)Nc2ccccc2OC)c(OC)c1. The van der Waals surface area contributed by atoms with Crippen LogP contribution in [0.15, 0.2) is 42.5 Å². The second-order valence-electron chi connectivity index (χ2n) is 5.54. The molecule has 0 aliphatic rings. The highest BCUT2D eigenvalue weighted by molar-refractivity contribution is 5.93. The van der Waals surface area contributed by atoms with Gasteiger partial charge >= 0.3 is 5.97 Å². The largest absolute Gasteiger partial charge is 0.495 e. The molecule has 7 heteroatoms. The molecule has 2 aromatic rings. The van der Waals surface area contributed by atoms with Gasteiger partial charge < -0.3 is 24.3 Å². The fourth-order valence-electron chi connectivity index (χ4n) is 2.27. The summed E-state index contributed by atoms with van der Waals surface area (Å²) < 4.78 is 21.0. The van der Waals surface area contributed by atoms with Gasteiger partial charge in [-0.2, -0.15) is 0 Å². The van der Waals surface area contributed by atoms with Gasteiger partial charge in [0.15, 0.2) is 18.1 Å². The first-order valence-electron chi connectivity index (χ1n) is 8.49. The Morgan fingerprint density at radius 2 is 1.70 bits per heavy atom. The molecule has 1 amide bonds. The molecule has 0 heterocycles.